The van der Waals surface area contributed by atoms with Gasteiger partial charge >= 0.3 is 11.7 Å². The summed E-state index contributed by atoms with van der Waals surface area (Å²) >= 11 is 0. The summed E-state index contributed by atoms with van der Waals surface area (Å²) in [4.78, 5) is 36.6. The smallest absolute Gasteiger partial charge is 0.354 e. The molecule has 0 amide bonds. The second-order valence-corrected chi connectivity index (χ2v) is 10.4. The van der Waals surface area contributed by atoms with Gasteiger partial charge in [-0.2, -0.15) is 0 Å². The summed E-state index contributed by atoms with van der Waals surface area (Å²) in [6, 6.07) is 22.1. The number of pyridine rings is 1. The minimum absolute atomic E-state index is 0.0951. The highest BCUT2D eigenvalue weighted by Crippen LogP contribution is 2.32. The predicted octanol–water partition coefficient (Wildman–Crippen LogP) is 4.30. The van der Waals surface area contributed by atoms with Gasteiger partial charge in [0.1, 0.15) is 11.5 Å². The lowest BCUT2D eigenvalue weighted by atomic mass is 9.89. The SMILES string of the molecule is Cn1c(C(=O)O)cnc1CN1CCC(C)(n2c(=O)n(-c3ccc(-c4ccccc4)cc3)c3cccnc32)CC1. The second-order valence-electron chi connectivity index (χ2n) is 10.4. The number of hydrogen-bond donors (Lipinski definition) is 1. The van der Waals surface area contributed by atoms with Crippen LogP contribution >= 0.6 is 0 Å². The van der Waals surface area contributed by atoms with E-state index in [1.807, 2.05) is 59.2 Å². The van der Waals surface area contributed by atoms with Gasteiger partial charge in [0.25, 0.3) is 0 Å². The molecule has 0 unspecified atom stereocenters. The first-order chi connectivity index (χ1) is 18.9. The van der Waals surface area contributed by atoms with Crippen LogP contribution in [0.4, 0.5) is 0 Å². The van der Waals surface area contributed by atoms with Gasteiger partial charge < -0.3 is 9.67 Å². The molecule has 1 aliphatic rings. The van der Waals surface area contributed by atoms with Crippen LogP contribution in [0.25, 0.3) is 28.0 Å². The summed E-state index contributed by atoms with van der Waals surface area (Å²) in [5, 5.41) is 9.33. The number of likely N-dealkylation sites (tertiary alicyclic amines) is 1. The lowest BCUT2D eigenvalue weighted by Gasteiger charge is -2.39. The van der Waals surface area contributed by atoms with Crippen LogP contribution in [0.3, 0.4) is 0 Å². The average molecular weight is 523 g/mol. The number of hydrogen-bond acceptors (Lipinski definition) is 5. The monoisotopic (exact) mass is 522 g/mol. The Hall–Kier alpha value is -4.50. The predicted molar refractivity (Wildman–Crippen MR) is 149 cm³/mol. The third-order valence-corrected chi connectivity index (χ3v) is 7.98. The number of fused-ring (bicyclic) bond motifs is 1. The van der Waals surface area contributed by atoms with Gasteiger partial charge in [-0.15, -0.1) is 0 Å². The molecule has 1 saturated heterocycles. The van der Waals surface area contributed by atoms with Crippen LogP contribution in [-0.4, -0.2) is 52.7 Å². The topological polar surface area (TPSA) is 98.2 Å². The van der Waals surface area contributed by atoms with Crippen LogP contribution in [0.1, 0.15) is 36.1 Å². The van der Waals surface area contributed by atoms with Gasteiger partial charge in [0.2, 0.25) is 0 Å². The zero-order valence-corrected chi connectivity index (χ0v) is 22.0. The van der Waals surface area contributed by atoms with Gasteiger partial charge in [-0.05, 0) is 55.2 Å². The first-order valence-electron chi connectivity index (χ1n) is 13.1. The van der Waals surface area contributed by atoms with Crippen LogP contribution in [0.5, 0.6) is 0 Å². The van der Waals surface area contributed by atoms with Crippen molar-refractivity contribution in [2.45, 2.75) is 31.8 Å². The molecule has 0 atom stereocenters. The Morgan fingerprint density at radius 2 is 1.64 bits per heavy atom. The van der Waals surface area contributed by atoms with Crippen LogP contribution in [-0.2, 0) is 19.1 Å². The Bertz CT molecular complexity index is 1710. The van der Waals surface area contributed by atoms with Crippen molar-refractivity contribution < 1.29 is 9.90 Å². The maximum absolute atomic E-state index is 14.0. The second kappa shape index (κ2) is 9.67. The number of carboxylic acids is 1. The summed E-state index contributed by atoms with van der Waals surface area (Å²) in [6.07, 6.45) is 4.65. The highest BCUT2D eigenvalue weighted by atomic mass is 16.4. The molecule has 0 aliphatic carbocycles. The molecule has 39 heavy (non-hydrogen) atoms. The quantitative estimate of drug-likeness (QED) is 0.357. The molecule has 9 heteroatoms. The van der Waals surface area contributed by atoms with Crippen LogP contribution in [0, 0.1) is 0 Å². The standard InChI is InChI=1S/C30H30N6O3/c1-30(14-17-34(18-15-30)20-26-32-19-25(28(37)38)33(26)2)36-27-24(9-6-16-31-27)35(29(36)39)23-12-10-22(11-13-23)21-7-4-3-5-8-21/h3-13,16,19H,14-15,17-18,20H2,1-2H3,(H,37,38). The van der Waals surface area contributed by atoms with Crippen molar-refractivity contribution in [1.82, 2.24) is 28.6 Å². The van der Waals surface area contributed by atoms with Crippen molar-refractivity contribution in [3.63, 3.8) is 0 Å². The summed E-state index contributed by atoms with van der Waals surface area (Å²) in [7, 11) is 1.73. The average Bonchev–Trinajstić information content (AvgIpc) is 3.47. The molecule has 4 heterocycles. The number of aromatic carboxylic acids is 1. The normalized spacial score (nSPS) is 15.5. The van der Waals surface area contributed by atoms with Crippen LogP contribution in [0.2, 0.25) is 0 Å². The van der Waals surface area contributed by atoms with Gasteiger partial charge in [-0.3, -0.25) is 14.0 Å². The van der Waals surface area contributed by atoms with Gasteiger partial charge in [-0.1, -0.05) is 42.5 Å². The Kier molecular flexibility index (Phi) is 6.15. The molecule has 3 aromatic heterocycles. The van der Waals surface area contributed by atoms with Gasteiger partial charge in [0.15, 0.2) is 5.65 Å². The number of imidazole rings is 2. The van der Waals surface area contributed by atoms with E-state index in [1.54, 1.807) is 22.4 Å². The fraction of sp³-hybridized carbons (Fsp3) is 0.267. The largest absolute Gasteiger partial charge is 0.477 e. The van der Waals surface area contributed by atoms with Crippen molar-refractivity contribution >= 4 is 17.1 Å². The Morgan fingerprint density at radius 1 is 0.949 bits per heavy atom. The van der Waals surface area contributed by atoms with E-state index in [9.17, 15) is 14.7 Å². The number of carboxylic acid groups (broad SMARTS) is 1. The molecule has 5 aromatic rings. The zero-order chi connectivity index (χ0) is 27.1. The molecule has 0 saturated carbocycles. The molecule has 1 N–H and O–H groups in total. The maximum Gasteiger partial charge on any atom is 0.354 e. The van der Waals surface area contributed by atoms with Gasteiger partial charge in [0, 0.05) is 26.3 Å². The van der Waals surface area contributed by atoms with Crippen LogP contribution in [0.15, 0.2) is 83.9 Å². The first kappa shape index (κ1) is 24.8. The number of aromatic nitrogens is 5. The summed E-state index contributed by atoms with van der Waals surface area (Å²) in [5.74, 6) is -0.272. The number of nitrogens with zero attached hydrogens (tertiary/aromatic N) is 6. The number of rotatable bonds is 6. The molecule has 0 bridgehead atoms. The van der Waals surface area contributed by atoms with E-state index in [-0.39, 0.29) is 11.4 Å². The summed E-state index contributed by atoms with van der Waals surface area (Å²) in [5.41, 5.74) is 4.16. The molecule has 1 aliphatic heterocycles. The van der Waals surface area contributed by atoms with E-state index in [4.69, 9.17) is 0 Å². The van der Waals surface area contributed by atoms with Crippen molar-refractivity contribution in [3.05, 3.63) is 101 Å². The number of piperidine rings is 1. The minimum atomic E-state index is -0.986. The molecular weight excluding hydrogens is 492 g/mol. The van der Waals surface area contributed by atoms with E-state index >= 15 is 0 Å². The molecule has 0 spiro atoms. The molecule has 9 nitrogen and oxygen atoms in total. The highest BCUT2D eigenvalue weighted by Gasteiger charge is 2.36. The van der Waals surface area contributed by atoms with E-state index in [2.05, 4.69) is 33.9 Å². The van der Waals surface area contributed by atoms with Gasteiger partial charge in [0.05, 0.1) is 29.5 Å². The number of benzene rings is 2. The minimum Gasteiger partial charge on any atom is -0.477 e. The fourth-order valence-corrected chi connectivity index (χ4v) is 5.61. The Morgan fingerprint density at radius 3 is 2.31 bits per heavy atom. The van der Waals surface area contributed by atoms with Crippen molar-refractivity contribution in [2.24, 2.45) is 7.05 Å². The van der Waals surface area contributed by atoms with Crippen molar-refractivity contribution in [1.29, 1.82) is 0 Å². The van der Waals surface area contributed by atoms with E-state index in [0.29, 0.717) is 18.0 Å². The first-order valence-corrected chi connectivity index (χ1v) is 13.1. The molecule has 1 fully saturated rings. The highest BCUT2D eigenvalue weighted by molar-refractivity contribution is 5.85. The lowest BCUT2D eigenvalue weighted by Crippen LogP contribution is -2.48. The molecule has 6 rings (SSSR count). The fourth-order valence-electron chi connectivity index (χ4n) is 5.61. The summed E-state index contributed by atoms with van der Waals surface area (Å²) in [6.45, 7) is 4.20. The third kappa shape index (κ3) is 4.34. The Balaban J connectivity index is 1.30. The van der Waals surface area contributed by atoms with E-state index in [0.717, 1.165) is 48.3 Å². The van der Waals surface area contributed by atoms with Gasteiger partial charge in [-0.25, -0.2) is 19.6 Å². The third-order valence-electron chi connectivity index (χ3n) is 7.98. The molecule has 198 valence electrons. The molecular formula is C30H30N6O3. The van der Waals surface area contributed by atoms with E-state index < -0.39 is 11.5 Å². The van der Waals surface area contributed by atoms with Crippen molar-refractivity contribution in [3.8, 4) is 16.8 Å². The van der Waals surface area contributed by atoms with Crippen molar-refractivity contribution in [2.75, 3.05) is 13.1 Å². The molecule has 0 radical (unpaired) electrons. The number of carbonyl (C=O) groups is 1. The maximum atomic E-state index is 14.0. The summed E-state index contributed by atoms with van der Waals surface area (Å²) < 4.78 is 5.26. The zero-order valence-electron chi connectivity index (χ0n) is 22.0. The molecule has 2 aromatic carbocycles. The Labute approximate surface area is 225 Å². The lowest BCUT2D eigenvalue weighted by molar-refractivity contribution is 0.0685. The van der Waals surface area contributed by atoms with E-state index in [1.165, 1.54) is 6.20 Å². The van der Waals surface area contributed by atoms with Crippen LogP contribution < -0.4 is 5.69 Å².